The number of carbonyl (C=O) groups is 4. The molecule has 1 heterocycles. The van der Waals surface area contributed by atoms with E-state index in [1.165, 1.54) is 11.0 Å². The Morgan fingerprint density at radius 1 is 0.977 bits per heavy atom. The Labute approximate surface area is 257 Å². The van der Waals surface area contributed by atoms with Gasteiger partial charge in [-0.2, -0.15) is 0 Å². The number of ether oxygens (including phenoxy) is 1. The molecule has 3 aliphatic rings. The lowest BCUT2D eigenvalue weighted by molar-refractivity contribution is 0.0645. The normalized spacial score (nSPS) is 20.3. The minimum atomic E-state index is -0.532. The van der Waals surface area contributed by atoms with E-state index < -0.39 is 12.0 Å². The number of fused-ring (bicyclic) bond motifs is 1. The van der Waals surface area contributed by atoms with Gasteiger partial charge in [-0.3, -0.25) is 24.6 Å². The van der Waals surface area contributed by atoms with Crippen LogP contribution in [0.3, 0.4) is 0 Å². The van der Waals surface area contributed by atoms with Gasteiger partial charge in [0.15, 0.2) is 0 Å². The molecule has 1 aliphatic heterocycles. The maximum absolute atomic E-state index is 13.8. The highest BCUT2D eigenvalue weighted by molar-refractivity contribution is 6.21. The first-order valence-electron chi connectivity index (χ1n) is 15.1. The molecular weight excluding hydrogens is 562 g/mol. The highest BCUT2D eigenvalue weighted by atomic mass is 16.6. The molecule has 234 valence electrons. The number of hydrazine groups is 1. The third kappa shape index (κ3) is 7.02. The van der Waals surface area contributed by atoms with Crippen LogP contribution in [-0.2, 0) is 6.54 Å². The standard InChI is InChI=1S/C32H41N7O5/c1-32(2,3)22-10-12-23(13-11-22)38(17-20-6-8-21(9-7-20)27(40)35-30(33)36-37-34)31(43)44-24-14-15-25-26(16-24)29(42)39(28(25)41)18-19-4-5-19/h6-9,14-16,19,22-23,37H,4-5,10-13,17-18,34H2,1-3H3,(H3,33,35,36,40). The lowest BCUT2D eigenvalue weighted by Gasteiger charge is -2.40. The maximum Gasteiger partial charge on any atom is 0.415 e. The number of amides is 4. The second-order valence-electron chi connectivity index (χ2n) is 13.0. The number of benzene rings is 2. The molecule has 5 rings (SSSR count). The SMILES string of the molecule is CC(C)(C)C1CCC(N(Cc2ccc(C(=O)N/C(N)=N/NN)cc2)C(=O)Oc2ccc3c(c2)C(=O)N(CC2CC2)C3=O)CC1. The van der Waals surface area contributed by atoms with E-state index in [-0.39, 0.29) is 47.1 Å². The number of guanidine groups is 1. The third-order valence-corrected chi connectivity index (χ3v) is 8.88. The van der Waals surface area contributed by atoms with Crippen LogP contribution < -0.4 is 27.2 Å². The van der Waals surface area contributed by atoms with Crippen LogP contribution in [0.2, 0.25) is 0 Å². The zero-order valence-electron chi connectivity index (χ0n) is 25.5. The quantitative estimate of drug-likeness (QED) is 0.116. The fraction of sp³-hybridized carbons (Fsp3) is 0.469. The minimum absolute atomic E-state index is 0.0458. The van der Waals surface area contributed by atoms with Gasteiger partial charge in [-0.1, -0.05) is 32.9 Å². The summed E-state index contributed by atoms with van der Waals surface area (Å²) in [7, 11) is 0. The number of carbonyl (C=O) groups excluding carboxylic acids is 4. The van der Waals surface area contributed by atoms with Crippen molar-refractivity contribution in [3.8, 4) is 5.75 Å². The second-order valence-corrected chi connectivity index (χ2v) is 13.0. The van der Waals surface area contributed by atoms with Crippen LogP contribution in [0.15, 0.2) is 47.6 Å². The van der Waals surface area contributed by atoms with Gasteiger partial charge in [0.2, 0.25) is 5.96 Å². The van der Waals surface area contributed by atoms with Gasteiger partial charge in [-0.05, 0) is 91.7 Å². The van der Waals surface area contributed by atoms with E-state index in [9.17, 15) is 19.2 Å². The maximum atomic E-state index is 13.8. The van der Waals surface area contributed by atoms with Crippen LogP contribution in [0.25, 0.3) is 0 Å². The molecule has 2 fully saturated rings. The van der Waals surface area contributed by atoms with E-state index in [0.29, 0.717) is 29.5 Å². The van der Waals surface area contributed by atoms with E-state index >= 15 is 0 Å². The highest BCUT2D eigenvalue weighted by Crippen LogP contribution is 2.40. The van der Waals surface area contributed by atoms with Crippen molar-refractivity contribution in [2.75, 3.05) is 6.54 Å². The van der Waals surface area contributed by atoms with Crippen LogP contribution in [0.1, 0.15) is 95.9 Å². The fourth-order valence-corrected chi connectivity index (χ4v) is 6.06. The van der Waals surface area contributed by atoms with Crippen molar-refractivity contribution in [2.24, 2.45) is 33.9 Å². The molecule has 2 aromatic carbocycles. The topological polar surface area (TPSA) is 172 Å². The first kappa shape index (κ1) is 31.0. The molecule has 2 aliphatic carbocycles. The molecule has 44 heavy (non-hydrogen) atoms. The van der Waals surface area contributed by atoms with Gasteiger partial charge in [-0.15, -0.1) is 5.10 Å². The molecule has 0 bridgehead atoms. The predicted octanol–water partition coefficient (Wildman–Crippen LogP) is 3.72. The zero-order valence-corrected chi connectivity index (χ0v) is 25.5. The molecule has 0 spiro atoms. The summed E-state index contributed by atoms with van der Waals surface area (Å²) in [6.07, 6.45) is 5.16. The molecular formula is C32H41N7O5. The number of nitrogens with two attached hydrogens (primary N) is 2. The van der Waals surface area contributed by atoms with Gasteiger partial charge in [0, 0.05) is 24.7 Å². The summed E-state index contributed by atoms with van der Waals surface area (Å²) in [5, 5.41) is 5.93. The second kappa shape index (κ2) is 12.7. The molecule has 6 N–H and O–H groups in total. The first-order valence-corrected chi connectivity index (χ1v) is 15.1. The van der Waals surface area contributed by atoms with E-state index in [2.05, 4.69) is 31.2 Å². The Morgan fingerprint density at radius 3 is 2.25 bits per heavy atom. The van der Waals surface area contributed by atoms with Crippen LogP contribution in [-0.4, -0.2) is 52.2 Å². The monoisotopic (exact) mass is 603 g/mol. The molecule has 0 radical (unpaired) electrons. The van der Waals surface area contributed by atoms with Gasteiger partial charge in [-0.25, -0.2) is 16.2 Å². The molecule has 12 nitrogen and oxygen atoms in total. The molecule has 2 saturated carbocycles. The number of imide groups is 1. The average Bonchev–Trinajstić information content (AvgIpc) is 3.78. The molecule has 0 unspecified atom stereocenters. The van der Waals surface area contributed by atoms with Gasteiger partial charge >= 0.3 is 6.09 Å². The van der Waals surface area contributed by atoms with Crippen molar-refractivity contribution in [1.82, 2.24) is 20.7 Å². The van der Waals surface area contributed by atoms with Gasteiger partial charge in [0.1, 0.15) is 5.75 Å². The summed E-state index contributed by atoms with van der Waals surface area (Å²) in [5.74, 6) is 4.97. The van der Waals surface area contributed by atoms with Crippen molar-refractivity contribution in [3.05, 3.63) is 64.7 Å². The van der Waals surface area contributed by atoms with E-state index in [4.69, 9.17) is 16.3 Å². The summed E-state index contributed by atoms with van der Waals surface area (Å²) in [5.41, 5.74) is 9.56. The zero-order chi connectivity index (χ0) is 31.6. The van der Waals surface area contributed by atoms with Gasteiger partial charge in [0.05, 0.1) is 11.1 Å². The molecule has 2 aromatic rings. The minimum Gasteiger partial charge on any atom is -0.410 e. The summed E-state index contributed by atoms with van der Waals surface area (Å²) < 4.78 is 5.86. The summed E-state index contributed by atoms with van der Waals surface area (Å²) in [6, 6.07) is 11.4. The van der Waals surface area contributed by atoms with E-state index in [1.807, 2.05) is 5.53 Å². The number of hydrazone groups is 1. The van der Waals surface area contributed by atoms with Crippen molar-refractivity contribution in [1.29, 1.82) is 0 Å². The van der Waals surface area contributed by atoms with E-state index in [1.54, 1.807) is 41.3 Å². The molecule has 4 amide bonds. The van der Waals surface area contributed by atoms with Gasteiger partial charge in [0.25, 0.3) is 17.7 Å². The van der Waals surface area contributed by atoms with Gasteiger partial charge < -0.3 is 15.4 Å². The molecule has 12 heteroatoms. The first-order chi connectivity index (χ1) is 20.9. The Balaban J connectivity index is 1.32. The van der Waals surface area contributed by atoms with Crippen molar-refractivity contribution in [2.45, 2.75) is 71.9 Å². The predicted molar refractivity (Wildman–Crippen MR) is 164 cm³/mol. The van der Waals surface area contributed by atoms with Crippen molar-refractivity contribution >= 4 is 29.8 Å². The van der Waals surface area contributed by atoms with Crippen LogP contribution >= 0.6 is 0 Å². The van der Waals surface area contributed by atoms with E-state index in [0.717, 1.165) is 44.1 Å². The molecule has 0 atom stereocenters. The fourth-order valence-electron chi connectivity index (χ4n) is 6.06. The number of rotatable bonds is 8. The lowest BCUT2D eigenvalue weighted by Crippen LogP contribution is -2.44. The Hall–Kier alpha value is -4.45. The Bertz CT molecular complexity index is 1450. The molecule has 0 saturated heterocycles. The largest absolute Gasteiger partial charge is 0.415 e. The van der Waals surface area contributed by atoms with Crippen molar-refractivity contribution < 1.29 is 23.9 Å². The number of hydrogen-bond acceptors (Lipinski definition) is 8. The van der Waals surface area contributed by atoms with Crippen LogP contribution in [0.5, 0.6) is 5.75 Å². The average molecular weight is 604 g/mol. The highest BCUT2D eigenvalue weighted by Gasteiger charge is 2.39. The Kier molecular flexibility index (Phi) is 8.91. The summed E-state index contributed by atoms with van der Waals surface area (Å²) >= 11 is 0. The lowest BCUT2D eigenvalue weighted by atomic mass is 9.71. The van der Waals surface area contributed by atoms with Crippen molar-refractivity contribution in [3.63, 3.8) is 0 Å². The number of nitrogens with zero attached hydrogens (tertiary/aromatic N) is 3. The Morgan fingerprint density at radius 2 is 1.64 bits per heavy atom. The van der Waals surface area contributed by atoms with Crippen LogP contribution in [0.4, 0.5) is 4.79 Å². The number of hydrogen-bond donors (Lipinski definition) is 4. The third-order valence-electron chi connectivity index (χ3n) is 8.88. The molecule has 0 aromatic heterocycles. The number of nitrogens with one attached hydrogen (secondary N) is 2. The smallest absolute Gasteiger partial charge is 0.410 e. The van der Waals surface area contributed by atoms with Crippen LogP contribution in [0, 0.1) is 17.3 Å². The summed E-state index contributed by atoms with van der Waals surface area (Å²) in [4.78, 5) is 55.1. The summed E-state index contributed by atoms with van der Waals surface area (Å²) in [6.45, 7) is 7.45.